The summed E-state index contributed by atoms with van der Waals surface area (Å²) >= 11 is 0. The molecule has 0 saturated carbocycles. The Balaban J connectivity index is 0.000000371. The monoisotopic (exact) mass is 140 g/mol. The zero-order chi connectivity index (χ0) is 7.82. The van der Waals surface area contributed by atoms with E-state index in [-0.39, 0.29) is 0 Å². The Morgan fingerprint density at radius 2 is 2.30 bits per heavy atom. The van der Waals surface area contributed by atoms with E-state index in [0.717, 1.165) is 19.5 Å². The van der Waals surface area contributed by atoms with Crippen molar-refractivity contribution >= 4 is 0 Å². The van der Waals surface area contributed by atoms with E-state index in [2.05, 4.69) is 11.4 Å². The molecule has 1 saturated heterocycles. The Hall–Kier alpha value is -0.550. The Labute approximate surface area is 63.2 Å². The summed E-state index contributed by atoms with van der Waals surface area (Å²) in [6.07, 6.45) is 1.92. The van der Waals surface area contributed by atoms with E-state index >= 15 is 0 Å². The van der Waals surface area contributed by atoms with Gasteiger partial charge in [0.1, 0.15) is 0 Å². The molecule has 0 aromatic heterocycles. The molecule has 1 aliphatic heterocycles. The first-order valence-electron chi connectivity index (χ1n) is 4.01. The van der Waals surface area contributed by atoms with Gasteiger partial charge in [0.25, 0.3) is 0 Å². The highest BCUT2D eigenvalue weighted by Crippen LogP contribution is 2.09. The van der Waals surface area contributed by atoms with E-state index in [4.69, 9.17) is 5.26 Å². The second-order valence-corrected chi connectivity index (χ2v) is 2.22. The van der Waals surface area contributed by atoms with Crippen molar-refractivity contribution in [3.05, 3.63) is 0 Å². The molecule has 0 aromatic carbocycles. The third-order valence-corrected chi connectivity index (χ3v) is 1.54. The summed E-state index contributed by atoms with van der Waals surface area (Å²) in [6, 6.07) is 2.17. The molecule has 0 bridgehead atoms. The molecular formula is C8H16N2. The molecule has 1 fully saturated rings. The fraction of sp³-hybridized carbons (Fsp3) is 0.875. The maximum atomic E-state index is 8.25. The predicted molar refractivity (Wildman–Crippen MR) is 42.6 cm³/mol. The van der Waals surface area contributed by atoms with Gasteiger partial charge in [-0.05, 0) is 25.4 Å². The van der Waals surface area contributed by atoms with Crippen LogP contribution in [0, 0.1) is 17.2 Å². The van der Waals surface area contributed by atoms with E-state index < -0.39 is 0 Å². The second-order valence-electron chi connectivity index (χ2n) is 2.22. The van der Waals surface area contributed by atoms with E-state index in [1.807, 2.05) is 13.8 Å². The Morgan fingerprint density at radius 3 is 2.70 bits per heavy atom. The fourth-order valence-corrected chi connectivity index (χ4v) is 1.02. The molecule has 1 unspecified atom stereocenters. The van der Waals surface area contributed by atoms with Crippen molar-refractivity contribution in [2.24, 2.45) is 5.92 Å². The zero-order valence-corrected chi connectivity index (χ0v) is 6.85. The van der Waals surface area contributed by atoms with Gasteiger partial charge >= 0.3 is 0 Å². The predicted octanol–water partition coefficient (Wildman–Crippen LogP) is 1.54. The molecule has 1 heterocycles. The number of hydrogen-bond donors (Lipinski definition) is 1. The number of nitrogens with one attached hydrogen (secondary N) is 1. The van der Waals surface area contributed by atoms with E-state index in [1.165, 1.54) is 6.42 Å². The standard InChI is InChI=1S/C6H10N2.C2H6/c7-3-1-6-2-4-8-5-6;1-2/h6,8H,1-2,4-5H2;1-2H3. The molecule has 1 N–H and O–H groups in total. The van der Waals surface area contributed by atoms with Crippen LogP contribution in [0.1, 0.15) is 26.7 Å². The maximum Gasteiger partial charge on any atom is 0.0625 e. The quantitative estimate of drug-likeness (QED) is 0.599. The van der Waals surface area contributed by atoms with Crippen LogP contribution in [0.3, 0.4) is 0 Å². The molecule has 1 atom stereocenters. The highest BCUT2D eigenvalue weighted by molar-refractivity contribution is 4.80. The topological polar surface area (TPSA) is 35.8 Å². The van der Waals surface area contributed by atoms with Crippen molar-refractivity contribution in [1.29, 1.82) is 5.26 Å². The molecule has 0 spiro atoms. The first-order chi connectivity index (χ1) is 4.93. The van der Waals surface area contributed by atoms with Gasteiger partial charge in [-0.25, -0.2) is 0 Å². The van der Waals surface area contributed by atoms with Gasteiger partial charge in [-0.15, -0.1) is 0 Å². The van der Waals surface area contributed by atoms with Crippen LogP contribution in [-0.2, 0) is 0 Å². The molecule has 0 aromatic rings. The van der Waals surface area contributed by atoms with Crippen molar-refractivity contribution in [1.82, 2.24) is 5.32 Å². The van der Waals surface area contributed by atoms with Crippen molar-refractivity contribution in [3.63, 3.8) is 0 Å². The highest BCUT2D eigenvalue weighted by Gasteiger charge is 2.12. The largest absolute Gasteiger partial charge is 0.316 e. The minimum Gasteiger partial charge on any atom is -0.316 e. The first-order valence-corrected chi connectivity index (χ1v) is 4.01. The lowest BCUT2D eigenvalue weighted by atomic mass is 10.1. The molecule has 0 radical (unpaired) electrons. The average molecular weight is 140 g/mol. The van der Waals surface area contributed by atoms with Crippen LogP contribution < -0.4 is 5.32 Å². The van der Waals surface area contributed by atoms with Crippen molar-refractivity contribution < 1.29 is 0 Å². The molecule has 10 heavy (non-hydrogen) atoms. The molecule has 2 heteroatoms. The Bertz CT molecular complexity index is 98.3. The number of rotatable bonds is 1. The summed E-state index contributed by atoms with van der Waals surface area (Å²) in [5.74, 6) is 0.639. The van der Waals surface area contributed by atoms with Crippen LogP contribution in [0.2, 0.25) is 0 Å². The van der Waals surface area contributed by atoms with Crippen LogP contribution in [0.25, 0.3) is 0 Å². The average Bonchev–Trinajstić information content (AvgIpc) is 2.46. The van der Waals surface area contributed by atoms with Crippen molar-refractivity contribution in [2.75, 3.05) is 13.1 Å². The molecule has 0 aliphatic carbocycles. The molecule has 2 nitrogen and oxygen atoms in total. The van der Waals surface area contributed by atoms with Gasteiger partial charge in [0, 0.05) is 6.42 Å². The summed E-state index contributed by atoms with van der Waals surface area (Å²) in [4.78, 5) is 0. The van der Waals surface area contributed by atoms with Crippen molar-refractivity contribution in [2.45, 2.75) is 26.7 Å². The van der Waals surface area contributed by atoms with Gasteiger partial charge in [-0.1, -0.05) is 13.8 Å². The van der Waals surface area contributed by atoms with Crippen LogP contribution in [0.4, 0.5) is 0 Å². The fourth-order valence-electron chi connectivity index (χ4n) is 1.02. The highest BCUT2D eigenvalue weighted by atomic mass is 14.9. The molecular weight excluding hydrogens is 124 g/mol. The number of nitrogens with zero attached hydrogens (tertiary/aromatic N) is 1. The van der Waals surface area contributed by atoms with Gasteiger partial charge in [0.2, 0.25) is 0 Å². The zero-order valence-electron chi connectivity index (χ0n) is 6.85. The van der Waals surface area contributed by atoms with Gasteiger partial charge in [0.15, 0.2) is 0 Å². The lowest BCUT2D eigenvalue weighted by molar-refractivity contribution is 0.599. The Morgan fingerprint density at radius 1 is 1.60 bits per heavy atom. The third-order valence-electron chi connectivity index (χ3n) is 1.54. The summed E-state index contributed by atoms with van der Waals surface area (Å²) in [7, 11) is 0. The smallest absolute Gasteiger partial charge is 0.0625 e. The SMILES string of the molecule is CC.N#CCC1CCNC1. The maximum absolute atomic E-state index is 8.25. The first kappa shape index (κ1) is 9.45. The van der Waals surface area contributed by atoms with E-state index in [1.54, 1.807) is 0 Å². The van der Waals surface area contributed by atoms with Gasteiger partial charge in [0.05, 0.1) is 6.07 Å². The molecule has 1 rings (SSSR count). The minimum atomic E-state index is 0.639. The van der Waals surface area contributed by atoms with Gasteiger partial charge in [-0.3, -0.25) is 0 Å². The molecule has 58 valence electrons. The van der Waals surface area contributed by atoms with Crippen LogP contribution in [0.15, 0.2) is 0 Å². The number of hydrogen-bond acceptors (Lipinski definition) is 2. The number of nitriles is 1. The van der Waals surface area contributed by atoms with Gasteiger partial charge < -0.3 is 5.32 Å². The van der Waals surface area contributed by atoms with Crippen LogP contribution >= 0.6 is 0 Å². The molecule has 0 amide bonds. The minimum absolute atomic E-state index is 0.639. The van der Waals surface area contributed by atoms with Crippen molar-refractivity contribution in [3.8, 4) is 6.07 Å². The molecule has 1 aliphatic rings. The third kappa shape index (κ3) is 3.47. The second kappa shape index (κ2) is 6.57. The van der Waals surface area contributed by atoms with Gasteiger partial charge in [-0.2, -0.15) is 5.26 Å². The van der Waals surface area contributed by atoms with Crippen LogP contribution in [0.5, 0.6) is 0 Å². The van der Waals surface area contributed by atoms with Crippen LogP contribution in [-0.4, -0.2) is 13.1 Å². The van der Waals surface area contributed by atoms with E-state index in [9.17, 15) is 0 Å². The normalized spacial score (nSPS) is 22.7. The lowest BCUT2D eigenvalue weighted by Gasteiger charge is -1.96. The lowest BCUT2D eigenvalue weighted by Crippen LogP contribution is -2.08. The van der Waals surface area contributed by atoms with E-state index in [0.29, 0.717) is 5.92 Å². The summed E-state index contributed by atoms with van der Waals surface area (Å²) < 4.78 is 0. The summed E-state index contributed by atoms with van der Waals surface area (Å²) in [5.41, 5.74) is 0. The Kier molecular flexibility index (Phi) is 6.21. The summed E-state index contributed by atoms with van der Waals surface area (Å²) in [6.45, 7) is 6.15. The summed E-state index contributed by atoms with van der Waals surface area (Å²) in [5, 5.41) is 11.5.